The van der Waals surface area contributed by atoms with E-state index in [1.165, 1.54) is 12.1 Å². The van der Waals surface area contributed by atoms with Crippen LogP contribution in [0.1, 0.15) is 25.5 Å². The number of aliphatic hydroxyl groups excluding tert-OH is 1. The maximum absolute atomic E-state index is 11.1. The maximum atomic E-state index is 11.1. The van der Waals surface area contributed by atoms with Crippen LogP contribution in [0.4, 0.5) is 5.69 Å². The molecule has 1 aliphatic rings. The number of non-ortho nitro benzene ring substituents is 1. The summed E-state index contributed by atoms with van der Waals surface area (Å²) in [7, 11) is 0. The van der Waals surface area contributed by atoms with Gasteiger partial charge < -0.3 is 10.4 Å². The molecular weight excluding hydrogens is 306 g/mol. The lowest BCUT2D eigenvalue weighted by Gasteiger charge is -2.43. The summed E-state index contributed by atoms with van der Waals surface area (Å²) in [6.07, 6.45) is 0. The fourth-order valence-corrected chi connectivity index (χ4v) is 3.21. The molecule has 1 aromatic carbocycles. The van der Waals surface area contributed by atoms with Gasteiger partial charge in [0, 0.05) is 61.4 Å². The van der Waals surface area contributed by atoms with Gasteiger partial charge in [-0.15, -0.1) is 0 Å². The first-order valence-electron chi connectivity index (χ1n) is 7.36. The second kappa shape index (κ2) is 6.91. The van der Waals surface area contributed by atoms with Crippen molar-refractivity contribution in [3.05, 3.63) is 38.9 Å². The number of aliphatic hydroxyl groups is 1. The van der Waals surface area contributed by atoms with Gasteiger partial charge in [0.1, 0.15) is 0 Å². The van der Waals surface area contributed by atoms with Crippen molar-refractivity contribution in [1.29, 1.82) is 0 Å². The molecule has 6 nitrogen and oxygen atoms in total. The molecule has 1 aliphatic heterocycles. The molecule has 0 bridgehead atoms. The van der Waals surface area contributed by atoms with Gasteiger partial charge in [-0.25, -0.2) is 0 Å². The molecule has 1 atom stereocenters. The van der Waals surface area contributed by atoms with E-state index < -0.39 is 10.3 Å². The van der Waals surface area contributed by atoms with Gasteiger partial charge >= 0.3 is 0 Å². The summed E-state index contributed by atoms with van der Waals surface area (Å²) in [6.45, 7) is 7.21. The summed E-state index contributed by atoms with van der Waals surface area (Å²) in [4.78, 5) is 12.9. The van der Waals surface area contributed by atoms with Crippen LogP contribution in [0.25, 0.3) is 0 Å². The average molecular weight is 328 g/mol. The highest BCUT2D eigenvalue weighted by molar-refractivity contribution is 6.31. The first kappa shape index (κ1) is 17.1. The zero-order chi connectivity index (χ0) is 16.3. The van der Waals surface area contributed by atoms with Gasteiger partial charge in [0.15, 0.2) is 0 Å². The largest absolute Gasteiger partial charge is 0.396 e. The first-order valence-corrected chi connectivity index (χ1v) is 7.74. The van der Waals surface area contributed by atoms with Gasteiger partial charge in [-0.1, -0.05) is 25.4 Å². The summed E-state index contributed by atoms with van der Waals surface area (Å²) in [5.41, 5.74) is 0.265. The minimum Gasteiger partial charge on any atom is -0.396 e. The molecule has 7 heteroatoms. The van der Waals surface area contributed by atoms with Crippen molar-refractivity contribution in [2.24, 2.45) is 5.41 Å². The Morgan fingerprint density at radius 1 is 1.45 bits per heavy atom. The highest BCUT2D eigenvalue weighted by atomic mass is 35.5. The van der Waals surface area contributed by atoms with Gasteiger partial charge in [0.25, 0.3) is 5.69 Å². The summed E-state index contributed by atoms with van der Waals surface area (Å²) in [6, 6.07) is 4.34. The lowest BCUT2D eigenvalue weighted by atomic mass is 9.79. The van der Waals surface area contributed by atoms with E-state index in [2.05, 4.69) is 10.2 Å². The predicted octanol–water partition coefficient (Wildman–Crippen LogP) is 2.21. The molecule has 0 aliphatic carbocycles. The lowest BCUT2D eigenvalue weighted by molar-refractivity contribution is -0.385. The molecule has 0 radical (unpaired) electrons. The van der Waals surface area contributed by atoms with E-state index >= 15 is 0 Å². The van der Waals surface area contributed by atoms with E-state index in [4.69, 9.17) is 11.6 Å². The third-order valence-corrected chi connectivity index (χ3v) is 4.49. The van der Waals surface area contributed by atoms with E-state index in [0.29, 0.717) is 10.6 Å². The molecule has 0 aromatic heterocycles. The van der Waals surface area contributed by atoms with Crippen LogP contribution in [0.3, 0.4) is 0 Å². The number of halogens is 1. The molecule has 1 aromatic rings. The third kappa shape index (κ3) is 3.57. The number of rotatable bonds is 5. The van der Waals surface area contributed by atoms with Crippen molar-refractivity contribution in [3.63, 3.8) is 0 Å². The molecule has 0 spiro atoms. The zero-order valence-corrected chi connectivity index (χ0v) is 13.6. The van der Waals surface area contributed by atoms with Crippen LogP contribution >= 0.6 is 11.6 Å². The van der Waals surface area contributed by atoms with Crippen molar-refractivity contribution in [2.45, 2.75) is 19.9 Å². The summed E-state index contributed by atoms with van der Waals surface area (Å²) in [5, 5.41) is 24.7. The van der Waals surface area contributed by atoms with Crippen LogP contribution in [0.15, 0.2) is 18.2 Å². The highest BCUT2D eigenvalue weighted by Crippen LogP contribution is 2.42. The molecule has 2 rings (SSSR count). The number of nitro groups is 1. The van der Waals surface area contributed by atoms with Crippen LogP contribution in [0.2, 0.25) is 5.02 Å². The van der Waals surface area contributed by atoms with Crippen molar-refractivity contribution < 1.29 is 10.0 Å². The van der Waals surface area contributed by atoms with E-state index in [-0.39, 0.29) is 18.3 Å². The van der Waals surface area contributed by atoms with Crippen LogP contribution in [-0.2, 0) is 0 Å². The number of nitrogens with one attached hydrogen (secondary N) is 1. The molecule has 1 heterocycles. The van der Waals surface area contributed by atoms with Gasteiger partial charge in [-0.2, -0.15) is 0 Å². The highest BCUT2D eigenvalue weighted by Gasteiger charge is 2.37. The monoisotopic (exact) mass is 327 g/mol. The van der Waals surface area contributed by atoms with Crippen LogP contribution in [0.5, 0.6) is 0 Å². The molecule has 1 saturated heterocycles. The molecule has 22 heavy (non-hydrogen) atoms. The Hall–Kier alpha value is -1.21. The Morgan fingerprint density at radius 2 is 2.09 bits per heavy atom. The number of benzene rings is 1. The van der Waals surface area contributed by atoms with Crippen molar-refractivity contribution >= 4 is 17.3 Å². The van der Waals surface area contributed by atoms with Gasteiger partial charge in [0.05, 0.1) is 4.92 Å². The Labute approximate surface area is 135 Å². The minimum atomic E-state index is -0.462. The number of hydrogen-bond acceptors (Lipinski definition) is 5. The Bertz CT molecular complexity index is 545. The fraction of sp³-hybridized carbons (Fsp3) is 0.600. The standard InChI is InChI=1S/C15H22ClN3O3/c1-15(2,10-20)14(18-7-5-17-6-8-18)12-9-11(19(21)22)3-4-13(12)16/h3-4,9,14,17,20H,5-8,10H2,1-2H3/t14-/m0/s1. The zero-order valence-electron chi connectivity index (χ0n) is 12.9. The van der Waals surface area contributed by atoms with Gasteiger partial charge in [-0.05, 0) is 11.6 Å². The molecule has 2 N–H and O–H groups in total. The Balaban J connectivity index is 2.48. The Morgan fingerprint density at radius 3 is 2.64 bits per heavy atom. The second-order valence-corrected chi connectivity index (χ2v) is 6.71. The van der Waals surface area contributed by atoms with Crippen LogP contribution < -0.4 is 5.32 Å². The summed E-state index contributed by atoms with van der Waals surface area (Å²) < 4.78 is 0. The minimum absolute atomic E-state index is 0.0216. The molecule has 1 fully saturated rings. The number of nitrogens with zero attached hydrogens (tertiary/aromatic N) is 2. The number of nitro benzene ring substituents is 1. The van der Waals surface area contributed by atoms with Gasteiger partial charge in [-0.3, -0.25) is 15.0 Å². The first-order chi connectivity index (χ1) is 10.4. The second-order valence-electron chi connectivity index (χ2n) is 6.30. The Kier molecular flexibility index (Phi) is 5.39. The van der Waals surface area contributed by atoms with Crippen LogP contribution in [0, 0.1) is 15.5 Å². The average Bonchev–Trinajstić information content (AvgIpc) is 2.50. The quantitative estimate of drug-likeness (QED) is 0.640. The molecule has 0 saturated carbocycles. The number of hydrogen-bond donors (Lipinski definition) is 2. The van der Waals surface area contributed by atoms with E-state index in [1.54, 1.807) is 6.07 Å². The molecular formula is C15H22ClN3O3. The van der Waals surface area contributed by atoms with Gasteiger partial charge in [0.2, 0.25) is 0 Å². The van der Waals surface area contributed by atoms with E-state index in [9.17, 15) is 15.2 Å². The van der Waals surface area contributed by atoms with Crippen molar-refractivity contribution in [3.8, 4) is 0 Å². The van der Waals surface area contributed by atoms with Crippen LogP contribution in [-0.4, -0.2) is 47.7 Å². The smallest absolute Gasteiger partial charge is 0.269 e. The summed E-state index contributed by atoms with van der Waals surface area (Å²) >= 11 is 6.33. The van der Waals surface area contributed by atoms with Crippen molar-refractivity contribution in [1.82, 2.24) is 10.2 Å². The molecule has 122 valence electrons. The SMILES string of the molecule is CC(C)(CO)[C@H](c1cc([N+](=O)[O-])ccc1Cl)N1CCNCC1. The number of piperazine rings is 1. The predicted molar refractivity (Wildman–Crippen MR) is 86.2 cm³/mol. The van der Waals surface area contributed by atoms with E-state index in [0.717, 1.165) is 26.2 Å². The van der Waals surface area contributed by atoms with E-state index in [1.807, 2.05) is 13.8 Å². The topological polar surface area (TPSA) is 78.6 Å². The molecule has 0 unspecified atom stereocenters. The lowest BCUT2D eigenvalue weighted by Crippen LogP contribution is -2.49. The van der Waals surface area contributed by atoms with Crippen molar-refractivity contribution in [2.75, 3.05) is 32.8 Å². The normalized spacial score (nSPS) is 18.2. The summed E-state index contributed by atoms with van der Waals surface area (Å²) in [5.74, 6) is 0. The fourth-order valence-electron chi connectivity index (χ4n) is 2.99. The molecule has 0 amide bonds. The maximum Gasteiger partial charge on any atom is 0.269 e. The third-order valence-electron chi connectivity index (χ3n) is 4.15.